The summed E-state index contributed by atoms with van der Waals surface area (Å²) >= 11 is 0. The number of hydrogen-bond acceptors (Lipinski definition) is 9. The van der Waals surface area contributed by atoms with E-state index in [1.54, 1.807) is 17.0 Å². The highest BCUT2D eigenvalue weighted by atomic mass is 19.3. The van der Waals surface area contributed by atoms with Gasteiger partial charge < -0.3 is 23.4 Å². The molecule has 9 rings (SSSR count). The standard InChI is InChI=1S/C43H40F4N4O6/c1-23-27(7-3-9-29(23)38-48-31-15-25(19-50-21-43(22-50)12-6-13-43)34(56-41(44)45)17-36(31)54-38)28-8-4-10-30(24(28)2)39-49-32-16-26(20-51-14-5-11-33(51)40(52)53)35(57-42(46)47)18-37(32)55-39/h3-4,7-10,15-18,33,41-42H,5-6,11-14,19-22H2,1-2H3,(H,52,53)/t33-/m0/s1. The van der Waals surface area contributed by atoms with Gasteiger partial charge in [-0.05, 0) is 98.0 Å². The number of halogens is 4. The molecule has 296 valence electrons. The molecule has 0 radical (unpaired) electrons. The quantitative estimate of drug-likeness (QED) is 0.120. The SMILES string of the molecule is Cc1c(-c2nc3cc(CN4CC5(CCC5)C4)c(OC(F)F)cc3o2)cccc1-c1cccc(-c2nc3cc(CN4CCC[C@H]4C(=O)O)c(OC(F)F)cc3o2)c1C. The average Bonchev–Trinajstić information content (AvgIpc) is 3.87. The zero-order valence-electron chi connectivity index (χ0n) is 31.4. The topological polar surface area (TPSA) is 114 Å². The predicted octanol–water partition coefficient (Wildman–Crippen LogP) is 9.82. The van der Waals surface area contributed by atoms with Crippen molar-refractivity contribution in [2.45, 2.75) is 78.3 Å². The van der Waals surface area contributed by atoms with Gasteiger partial charge in [0.15, 0.2) is 11.2 Å². The number of nitrogens with zero attached hydrogens (tertiary/aromatic N) is 4. The third-order valence-corrected chi connectivity index (χ3v) is 11.9. The van der Waals surface area contributed by atoms with Crippen molar-refractivity contribution in [3.05, 3.63) is 82.9 Å². The third-order valence-electron chi connectivity index (χ3n) is 11.9. The van der Waals surface area contributed by atoms with E-state index in [-0.39, 0.29) is 29.5 Å². The van der Waals surface area contributed by atoms with Crippen LogP contribution in [-0.4, -0.2) is 69.7 Å². The molecule has 4 aromatic carbocycles. The Morgan fingerprint density at radius 1 is 0.789 bits per heavy atom. The van der Waals surface area contributed by atoms with Crippen LogP contribution in [0.15, 0.2) is 69.5 Å². The molecule has 4 heterocycles. The zero-order chi connectivity index (χ0) is 39.6. The number of aliphatic carboxylic acids is 1. The highest BCUT2D eigenvalue weighted by molar-refractivity contribution is 5.85. The number of benzene rings is 4. The second kappa shape index (κ2) is 14.5. The Morgan fingerprint density at radius 2 is 1.30 bits per heavy atom. The maximum absolute atomic E-state index is 13.5. The molecule has 1 spiro atoms. The minimum absolute atomic E-state index is 0.0827. The second-order valence-electron chi connectivity index (χ2n) is 15.6. The van der Waals surface area contributed by atoms with Crippen molar-refractivity contribution in [1.29, 1.82) is 0 Å². The number of aromatic nitrogens is 2. The minimum Gasteiger partial charge on any atom is -0.480 e. The second-order valence-corrected chi connectivity index (χ2v) is 15.6. The van der Waals surface area contributed by atoms with Gasteiger partial charge in [0.1, 0.15) is 28.6 Å². The largest absolute Gasteiger partial charge is 0.480 e. The molecule has 3 fully saturated rings. The normalized spacial score (nSPS) is 18.2. The number of rotatable bonds is 12. The number of carboxylic acids is 1. The first kappa shape index (κ1) is 37.1. The van der Waals surface area contributed by atoms with Gasteiger partial charge in [-0.1, -0.05) is 30.7 Å². The van der Waals surface area contributed by atoms with Crippen LogP contribution < -0.4 is 9.47 Å². The molecule has 0 bridgehead atoms. The van der Waals surface area contributed by atoms with Crippen molar-refractivity contribution in [2.75, 3.05) is 19.6 Å². The van der Waals surface area contributed by atoms with Crippen LogP contribution in [0, 0.1) is 19.3 Å². The molecule has 2 aromatic heterocycles. The molecule has 3 aliphatic rings. The van der Waals surface area contributed by atoms with Gasteiger partial charge in [0.25, 0.3) is 0 Å². The molecule has 14 heteroatoms. The van der Waals surface area contributed by atoms with Crippen LogP contribution in [0.2, 0.25) is 0 Å². The van der Waals surface area contributed by atoms with Crippen LogP contribution in [0.4, 0.5) is 17.6 Å². The summed E-state index contributed by atoms with van der Waals surface area (Å²) in [5, 5.41) is 9.67. The molecule has 0 unspecified atom stereocenters. The van der Waals surface area contributed by atoms with E-state index in [1.165, 1.54) is 31.4 Å². The molecule has 2 aliphatic heterocycles. The lowest BCUT2D eigenvalue weighted by Crippen LogP contribution is -2.58. The predicted molar refractivity (Wildman–Crippen MR) is 203 cm³/mol. The van der Waals surface area contributed by atoms with E-state index in [0.29, 0.717) is 70.5 Å². The molecule has 2 saturated heterocycles. The number of ether oxygens (including phenoxy) is 2. The van der Waals surface area contributed by atoms with Gasteiger partial charge >= 0.3 is 19.2 Å². The van der Waals surface area contributed by atoms with Gasteiger partial charge in [-0.25, -0.2) is 9.97 Å². The zero-order valence-corrected chi connectivity index (χ0v) is 31.4. The van der Waals surface area contributed by atoms with Gasteiger partial charge in [-0.3, -0.25) is 14.6 Å². The van der Waals surface area contributed by atoms with E-state index in [9.17, 15) is 27.5 Å². The van der Waals surface area contributed by atoms with Crippen LogP contribution in [-0.2, 0) is 17.9 Å². The monoisotopic (exact) mass is 784 g/mol. The van der Waals surface area contributed by atoms with E-state index >= 15 is 0 Å². The van der Waals surface area contributed by atoms with Gasteiger partial charge in [-0.15, -0.1) is 0 Å². The van der Waals surface area contributed by atoms with Gasteiger partial charge in [0.05, 0.1) is 0 Å². The summed E-state index contributed by atoms with van der Waals surface area (Å²) in [4.78, 5) is 25.4. The first-order valence-electron chi connectivity index (χ1n) is 19.1. The summed E-state index contributed by atoms with van der Waals surface area (Å²) in [6.45, 7) is 0.857. The number of alkyl halides is 4. The van der Waals surface area contributed by atoms with E-state index in [4.69, 9.17) is 28.3 Å². The molecule has 1 N–H and O–H groups in total. The summed E-state index contributed by atoms with van der Waals surface area (Å²) in [7, 11) is 0. The summed E-state index contributed by atoms with van der Waals surface area (Å²) in [6, 6.07) is 17.1. The molecule has 10 nitrogen and oxygen atoms in total. The number of fused-ring (bicyclic) bond motifs is 2. The Labute approximate surface area is 325 Å². The van der Waals surface area contributed by atoms with Crippen molar-refractivity contribution in [3.8, 4) is 45.5 Å². The maximum atomic E-state index is 13.5. The van der Waals surface area contributed by atoms with Crippen LogP contribution in [0.3, 0.4) is 0 Å². The van der Waals surface area contributed by atoms with Crippen LogP contribution in [0.5, 0.6) is 11.5 Å². The van der Waals surface area contributed by atoms with Crippen molar-refractivity contribution in [2.24, 2.45) is 5.41 Å². The number of carboxylic acid groups (broad SMARTS) is 1. The highest BCUT2D eigenvalue weighted by Gasteiger charge is 2.47. The molecule has 1 saturated carbocycles. The lowest BCUT2D eigenvalue weighted by atomic mass is 9.63. The Balaban J connectivity index is 1.03. The van der Waals surface area contributed by atoms with Gasteiger partial charge in [0.2, 0.25) is 11.8 Å². The fraction of sp³-hybridized carbons (Fsp3) is 0.372. The number of oxazole rings is 2. The van der Waals surface area contributed by atoms with Gasteiger partial charge in [0, 0.05) is 60.6 Å². The maximum Gasteiger partial charge on any atom is 0.387 e. The van der Waals surface area contributed by atoms with E-state index in [1.807, 2.05) is 50.2 Å². The van der Waals surface area contributed by atoms with Crippen LogP contribution >= 0.6 is 0 Å². The fourth-order valence-corrected chi connectivity index (χ4v) is 8.97. The summed E-state index contributed by atoms with van der Waals surface area (Å²) in [6.07, 6.45) is 4.84. The molecule has 1 atom stereocenters. The average molecular weight is 785 g/mol. The summed E-state index contributed by atoms with van der Waals surface area (Å²) < 4.78 is 76.2. The van der Waals surface area contributed by atoms with Gasteiger partial charge in [-0.2, -0.15) is 17.6 Å². The lowest BCUT2D eigenvalue weighted by molar-refractivity contribution is -0.142. The van der Waals surface area contributed by atoms with Crippen LogP contribution in [0.25, 0.3) is 56.2 Å². The first-order valence-corrected chi connectivity index (χ1v) is 19.1. The molecule has 0 amide bonds. The van der Waals surface area contributed by atoms with E-state index in [2.05, 4.69) is 4.90 Å². The Bertz CT molecular complexity index is 2510. The Kier molecular flexibility index (Phi) is 9.43. The minimum atomic E-state index is -3.09. The fourth-order valence-electron chi connectivity index (χ4n) is 8.97. The molecule has 57 heavy (non-hydrogen) atoms. The highest BCUT2D eigenvalue weighted by Crippen LogP contribution is 2.49. The summed E-state index contributed by atoms with van der Waals surface area (Å²) in [5.74, 6) is -0.348. The van der Waals surface area contributed by atoms with Crippen LogP contribution in [0.1, 0.15) is 54.4 Å². The molecular formula is C43H40F4N4O6. The smallest absolute Gasteiger partial charge is 0.387 e. The number of likely N-dealkylation sites (tertiary alicyclic amines) is 2. The van der Waals surface area contributed by atoms with E-state index in [0.717, 1.165) is 40.9 Å². The number of hydrogen-bond donors (Lipinski definition) is 1. The third kappa shape index (κ3) is 6.98. The van der Waals surface area contributed by atoms with Crippen molar-refractivity contribution < 1.29 is 45.8 Å². The first-order chi connectivity index (χ1) is 27.4. The Morgan fingerprint density at radius 3 is 1.77 bits per heavy atom. The molecular weight excluding hydrogens is 744 g/mol. The summed E-state index contributed by atoms with van der Waals surface area (Å²) in [5.41, 5.74) is 7.89. The van der Waals surface area contributed by atoms with E-state index < -0.39 is 25.2 Å². The van der Waals surface area contributed by atoms with Crippen molar-refractivity contribution in [1.82, 2.24) is 19.8 Å². The Hall–Kier alpha value is -5.47. The van der Waals surface area contributed by atoms with Crippen molar-refractivity contribution in [3.63, 3.8) is 0 Å². The molecule has 6 aromatic rings. The number of carbonyl (C=O) groups is 1. The van der Waals surface area contributed by atoms with Crippen molar-refractivity contribution >= 4 is 28.2 Å². The lowest BCUT2D eigenvalue weighted by Gasteiger charge is -2.56. The molecule has 1 aliphatic carbocycles.